The van der Waals surface area contributed by atoms with Gasteiger partial charge < -0.3 is 10.6 Å². The predicted molar refractivity (Wildman–Crippen MR) is 106 cm³/mol. The Morgan fingerprint density at radius 3 is 2.30 bits per heavy atom. The SMILES string of the molecule is NC(=O)[C@@]1(Cc2ccc(-c3ccccc3)cc2)CCCN(C(=O)C2CC2)C1. The second kappa shape index (κ2) is 7.18. The average Bonchev–Trinajstić information content (AvgIpc) is 3.54. The first-order valence-corrected chi connectivity index (χ1v) is 9.80. The van der Waals surface area contributed by atoms with Crippen LogP contribution in [0.3, 0.4) is 0 Å². The molecule has 4 rings (SSSR count). The van der Waals surface area contributed by atoms with Gasteiger partial charge in [0.25, 0.3) is 0 Å². The number of hydrogen-bond acceptors (Lipinski definition) is 2. The molecule has 0 bridgehead atoms. The van der Waals surface area contributed by atoms with E-state index in [2.05, 4.69) is 36.4 Å². The van der Waals surface area contributed by atoms with Crippen molar-refractivity contribution < 1.29 is 9.59 Å². The van der Waals surface area contributed by atoms with Crippen molar-refractivity contribution >= 4 is 11.8 Å². The van der Waals surface area contributed by atoms with Crippen LogP contribution in [0, 0.1) is 11.3 Å². The summed E-state index contributed by atoms with van der Waals surface area (Å²) in [5.74, 6) is 0.0986. The summed E-state index contributed by atoms with van der Waals surface area (Å²) < 4.78 is 0. The Balaban J connectivity index is 1.52. The van der Waals surface area contributed by atoms with E-state index in [1.165, 1.54) is 5.56 Å². The Morgan fingerprint density at radius 2 is 1.67 bits per heavy atom. The molecule has 0 unspecified atom stereocenters. The van der Waals surface area contributed by atoms with Gasteiger partial charge in [-0.25, -0.2) is 0 Å². The first-order valence-electron chi connectivity index (χ1n) is 9.80. The van der Waals surface area contributed by atoms with Gasteiger partial charge in [0, 0.05) is 19.0 Å². The summed E-state index contributed by atoms with van der Waals surface area (Å²) >= 11 is 0. The summed E-state index contributed by atoms with van der Waals surface area (Å²) in [6.07, 6.45) is 4.15. The molecule has 2 N–H and O–H groups in total. The summed E-state index contributed by atoms with van der Waals surface area (Å²) in [5.41, 5.74) is 8.61. The minimum atomic E-state index is -0.656. The molecular formula is C23H26N2O2. The Morgan fingerprint density at radius 1 is 1.00 bits per heavy atom. The van der Waals surface area contributed by atoms with E-state index in [1.54, 1.807) is 0 Å². The highest BCUT2D eigenvalue weighted by molar-refractivity contribution is 5.85. The number of amides is 2. The van der Waals surface area contributed by atoms with Crippen molar-refractivity contribution in [1.82, 2.24) is 4.90 Å². The molecule has 2 fully saturated rings. The Hall–Kier alpha value is -2.62. The molecule has 2 aliphatic rings. The fourth-order valence-corrected chi connectivity index (χ4v) is 4.18. The summed E-state index contributed by atoms with van der Waals surface area (Å²) in [6, 6.07) is 18.6. The zero-order valence-corrected chi connectivity index (χ0v) is 15.6. The van der Waals surface area contributed by atoms with Gasteiger partial charge in [-0.3, -0.25) is 9.59 Å². The third kappa shape index (κ3) is 3.75. The third-order valence-corrected chi connectivity index (χ3v) is 5.94. The minimum Gasteiger partial charge on any atom is -0.369 e. The van der Waals surface area contributed by atoms with Gasteiger partial charge in [0.2, 0.25) is 11.8 Å². The summed E-state index contributed by atoms with van der Waals surface area (Å²) in [7, 11) is 0. The quantitative estimate of drug-likeness (QED) is 0.886. The minimum absolute atomic E-state index is 0.179. The highest BCUT2D eigenvalue weighted by Crippen LogP contribution is 2.38. The summed E-state index contributed by atoms with van der Waals surface area (Å²) in [4.78, 5) is 26.8. The van der Waals surface area contributed by atoms with Crippen LogP contribution < -0.4 is 5.73 Å². The number of nitrogens with two attached hydrogens (primary N) is 1. The van der Waals surface area contributed by atoms with Gasteiger partial charge in [-0.1, -0.05) is 54.6 Å². The molecule has 0 radical (unpaired) electrons. The maximum Gasteiger partial charge on any atom is 0.225 e. The van der Waals surface area contributed by atoms with Gasteiger partial charge >= 0.3 is 0 Å². The van der Waals surface area contributed by atoms with Gasteiger partial charge in [0.1, 0.15) is 0 Å². The number of nitrogens with zero attached hydrogens (tertiary/aromatic N) is 1. The van der Waals surface area contributed by atoms with Crippen LogP contribution in [0.1, 0.15) is 31.2 Å². The van der Waals surface area contributed by atoms with Gasteiger partial charge in [0.05, 0.1) is 5.41 Å². The zero-order chi connectivity index (χ0) is 18.9. The van der Waals surface area contributed by atoms with Crippen molar-refractivity contribution in [3.63, 3.8) is 0 Å². The van der Waals surface area contributed by atoms with E-state index < -0.39 is 5.41 Å². The molecule has 27 heavy (non-hydrogen) atoms. The molecule has 1 saturated carbocycles. The maximum atomic E-state index is 12.5. The van der Waals surface area contributed by atoms with Crippen LogP contribution in [-0.4, -0.2) is 29.8 Å². The molecule has 1 aliphatic heterocycles. The van der Waals surface area contributed by atoms with Crippen molar-refractivity contribution in [3.8, 4) is 11.1 Å². The van der Waals surface area contributed by atoms with Gasteiger partial charge in [-0.15, -0.1) is 0 Å². The lowest BCUT2D eigenvalue weighted by Crippen LogP contribution is -2.53. The third-order valence-electron chi connectivity index (χ3n) is 5.94. The number of likely N-dealkylation sites (tertiary alicyclic amines) is 1. The van der Waals surface area contributed by atoms with Crippen LogP contribution in [0.2, 0.25) is 0 Å². The number of benzene rings is 2. The van der Waals surface area contributed by atoms with Crippen molar-refractivity contribution in [1.29, 1.82) is 0 Å². The Bertz CT molecular complexity index is 827. The maximum absolute atomic E-state index is 12.5. The number of hydrogen-bond donors (Lipinski definition) is 1. The van der Waals surface area contributed by atoms with Gasteiger partial charge in [-0.2, -0.15) is 0 Å². The van der Waals surface area contributed by atoms with E-state index in [4.69, 9.17) is 5.73 Å². The molecule has 1 heterocycles. The molecule has 1 aliphatic carbocycles. The number of carbonyl (C=O) groups is 2. The molecule has 2 aromatic carbocycles. The Labute approximate surface area is 160 Å². The first kappa shape index (κ1) is 17.8. The fraction of sp³-hybridized carbons (Fsp3) is 0.391. The molecule has 1 atom stereocenters. The van der Waals surface area contributed by atoms with E-state index in [9.17, 15) is 9.59 Å². The molecule has 4 heteroatoms. The molecule has 0 aromatic heterocycles. The van der Waals surface area contributed by atoms with E-state index >= 15 is 0 Å². The van der Waals surface area contributed by atoms with Crippen LogP contribution in [0.4, 0.5) is 0 Å². The molecule has 4 nitrogen and oxygen atoms in total. The largest absolute Gasteiger partial charge is 0.369 e. The second-order valence-corrected chi connectivity index (χ2v) is 8.02. The average molecular weight is 362 g/mol. The molecule has 140 valence electrons. The highest BCUT2D eigenvalue weighted by atomic mass is 16.2. The molecule has 2 amide bonds. The first-order chi connectivity index (χ1) is 13.1. The lowest BCUT2D eigenvalue weighted by molar-refractivity contribution is -0.140. The van der Waals surface area contributed by atoms with E-state index in [1.807, 2.05) is 23.1 Å². The van der Waals surface area contributed by atoms with Gasteiger partial charge in [0.15, 0.2) is 0 Å². The standard InChI is InChI=1S/C23H26N2O2/c24-22(27)23(13-4-14-25(16-23)21(26)20-11-12-20)15-17-7-9-19(10-8-17)18-5-2-1-3-6-18/h1-3,5-10,20H,4,11-16H2,(H2,24,27)/t23-/m1/s1. The molecule has 0 spiro atoms. The Kier molecular flexibility index (Phi) is 4.73. The topological polar surface area (TPSA) is 63.4 Å². The predicted octanol–water partition coefficient (Wildman–Crippen LogP) is 3.40. The normalized spacial score (nSPS) is 22.4. The van der Waals surface area contributed by atoms with Crippen molar-refractivity contribution in [2.75, 3.05) is 13.1 Å². The van der Waals surface area contributed by atoms with Crippen LogP contribution in [0.25, 0.3) is 11.1 Å². The van der Waals surface area contributed by atoms with E-state index in [0.717, 1.165) is 43.4 Å². The van der Waals surface area contributed by atoms with E-state index in [-0.39, 0.29) is 17.7 Å². The highest BCUT2D eigenvalue weighted by Gasteiger charge is 2.44. The smallest absolute Gasteiger partial charge is 0.225 e. The van der Waals surface area contributed by atoms with Crippen molar-refractivity contribution in [3.05, 3.63) is 60.2 Å². The zero-order valence-electron chi connectivity index (χ0n) is 15.6. The lowest BCUT2D eigenvalue weighted by Gasteiger charge is -2.41. The number of carbonyl (C=O) groups excluding carboxylic acids is 2. The monoisotopic (exact) mass is 362 g/mol. The van der Waals surface area contributed by atoms with Crippen molar-refractivity contribution in [2.45, 2.75) is 32.1 Å². The summed E-state index contributed by atoms with van der Waals surface area (Å²) in [5, 5.41) is 0. The van der Waals surface area contributed by atoms with E-state index in [0.29, 0.717) is 13.0 Å². The van der Waals surface area contributed by atoms with Crippen LogP contribution >= 0.6 is 0 Å². The number of rotatable bonds is 5. The van der Waals surface area contributed by atoms with Gasteiger partial charge in [-0.05, 0) is 48.8 Å². The number of piperidine rings is 1. The summed E-state index contributed by atoms with van der Waals surface area (Å²) in [6.45, 7) is 1.20. The van der Waals surface area contributed by atoms with Crippen LogP contribution in [0.15, 0.2) is 54.6 Å². The van der Waals surface area contributed by atoms with Crippen LogP contribution in [0.5, 0.6) is 0 Å². The number of primary amides is 1. The van der Waals surface area contributed by atoms with Crippen LogP contribution in [-0.2, 0) is 16.0 Å². The second-order valence-electron chi connectivity index (χ2n) is 8.02. The lowest BCUT2D eigenvalue weighted by atomic mass is 9.74. The molecular weight excluding hydrogens is 336 g/mol. The fourth-order valence-electron chi connectivity index (χ4n) is 4.18. The molecule has 1 saturated heterocycles. The van der Waals surface area contributed by atoms with Crippen molar-refractivity contribution in [2.24, 2.45) is 17.1 Å². The molecule has 2 aromatic rings.